The number of likely N-dealkylation sites (tertiary alicyclic amines) is 1. The van der Waals surface area contributed by atoms with Gasteiger partial charge in [-0.1, -0.05) is 78.9 Å². The summed E-state index contributed by atoms with van der Waals surface area (Å²) in [5, 5.41) is 11.2. The highest BCUT2D eigenvalue weighted by molar-refractivity contribution is 5.80. The Balaban J connectivity index is 1.68. The molecule has 3 aromatic carbocycles. The first-order valence-corrected chi connectivity index (χ1v) is 9.29. The number of amides is 1. The van der Waals surface area contributed by atoms with Gasteiger partial charge in [-0.2, -0.15) is 0 Å². The lowest BCUT2D eigenvalue weighted by Gasteiger charge is -2.30. The van der Waals surface area contributed by atoms with Crippen LogP contribution in [0, 0.1) is 0 Å². The third-order valence-corrected chi connectivity index (χ3v) is 5.53. The maximum atomic E-state index is 12.4. The van der Waals surface area contributed by atoms with E-state index in [1.165, 1.54) is 0 Å². The largest absolute Gasteiger partial charge is 0.386 e. The highest BCUT2D eigenvalue weighted by Gasteiger charge is 2.42. The predicted molar refractivity (Wildman–Crippen MR) is 107 cm³/mol. The first kappa shape index (κ1) is 17.5. The van der Waals surface area contributed by atoms with E-state index in [1.54, 1.807) is 11.9 Å². The van der Waals surface area contributed by atoms with E-state index in [2.05, 4.69) is 12.1 Å². The zero-order chi connectivity index (χ0) is 18.8. The molecule has 1 aliphatic heterocycles. The second-order valence-corrected chi connectivity index (χ2v) is 7.15. The fourth-order valence-electron chi connectivity index (χ4n) is 4.07. The third-order valence-electron chi connectivity index (χ3n) is 5.53. The van der Waals surface area contributed by atoms with Gasteiger partial charge in [0, 0.05) is 19.4 Å². The van der Waals surface area contributed by atoms with Gasteiger partial charge < -0.3 is 10.0 Å². The van der Waals surface area contributed by atoms with Crippen LogP contribution in [-0.2, 0) is 4.79 Å². The fourth-order valence-corrected chi connectivity index (χ4v) is 4.07. The van der Waals surface area contributed by atoms with Gasteiger partial charge in [0.15, 0.2) is 0 Å². The van der Waals surface area contributed by atoms with Gasteiger partial charge in [-0.15, -0.1) is 0 Å². The molecule has 0 aliphatic carbocycles. The van der Waals surface area contributed by atoms with Crippen molar-refractivity contribution in [1.29, 1.82) is 0 Å². The Morgan fingerprint density at radius 1 is 0.889 bits per heavy atom. The molecule has 0 saturated carbocycles. The number of carbonyl (C=O) groups excluding carboxylic acids is 1. The zero-order valence-corrected chi connectivity index (χ0v) is 15.3. The lowest BCUT2D eigenvalue weighted by Crippen LogP contribution is -2.36. The van der Waals surface area contributed by atoms with Crippen LogP contribution >= 0.6 is 0 Å². The van der Waals surface area contributed by atoms with E-state index in [0.29, 0.717) is 6.42 Å². The van der Waals surface area contributed by atoms with Crippen LogP contribution in [0.1, 0.15) is 29.6 Å². The van der Waals surface area contributed by atoms with Crippen molar-refractivity contribution in [2.75, 3.05) is 7.05 Å². The summed E-state index contributed by atoms with van der Waals surface area (Å²) in [6.07, 6.45) is -0.309. The number of aliphatic hydroxyl groups excluding tert-OH is 1. The Kier molecular flexibility index (Phi) is 4.78. The van der Waals surface area contributed by atoms with E-state index in [1.807, 2.05) is 72.8 Å². The number of nitrogens with zero attached hydrogens (tertiary/aromatic N) is 1. The van der Waals surface area contributed by atoms with Crippen molar-refractivity contribution in [2.24, 2.45) is 0 Å². The van der Waals surface area contributed by atoms with E-state index in [4.69, 9.17) is 0 Å². The number of aliphatic hydroxyl groups is 1. The maximum absolute atomic E-state index is 12.4. The number of rotatable bonds is 4. The highest BCUT2D eigenvalue weighted by Crippen LogP contribution is 2.40. The van der Waals surface area contributed by atoms with Gasteiger partial charge in [0.25, 0.3) is 0 Å². The Morgan fingerprint density at radius 3 is 2.22 bits per heavy atom. The van der Waals surface area contributed by atoms with E-state index in [0.717, 1.165) is 22.3 Å². The Labute approximate surface area is 159 Å². The van der Waals surface area contributed by atoms with Gasteiger partial charge in [-0.05, 0) is 28.3 Å². The number of likely N-dealkylation sites (N-methyl/N-ethyl adjacent to an activating group) is 1. The van der Waals surface area contributed by atoms with Crippen molar-refractivity contribution in [3.8, 4) is 11.1 Å². The molecule has 3 aromatic rings. The second kappa shape index (κ2) is 7.37. The number of hydrogen-bond donors (Lipinski definition) is 1. The summed E-state index contributed by atoms with van der Waals surface area (Å²) in [5.41, 5.74) is 4.11. The summed E-state index contributed by atoms with van der Waals surface area (Å²) in [6, 6.07) is 27.8. The minimum atomic E-state index is -0.740. The summed E-state index contributed by atoms with van der Waals surface area (Å²) in [5.74, 6) is 0.0613. The number of hydrogen-bond acceptors (Lipinski definition) is 2. The molecule has 0 aromatic heterocycles. The third kappa shape index (κ3) is 3.38. The minimum Gasteiger partial charge on any atom is -0.386 e. The Morgan fingerprint density at radius 2 is 1.52 bits per heavy atom. The Bertz CT molecular complexity index is 923. The SMILES string of the molecule is CN1C(=O)C[C@H](c2ccccc2)[C@@H]1[C@H](O)c1cccc(-c2ccccc2)c1. The van der Waals surface area contributed by atoms with Crippen LogP contribution in [-0.4, -0.2) is 29.0 Å². The fraction of sp³-hybridized carbons (Fsp3) is 0.208. The molecule has 0 spiro atoms. The van der Waals surface area contributed by atoms with Crippen LogP contribution < -0.4 is 0 Å². The molecule has 3 heteroatoms. The lowest BCUT2D eigenvalue weighted by molar-refractivity contribution is -0.128. The molecule has 1 heterocycles. The molecule has 1 amide bonds. The van der Waals surface area contributed by atoms with Crippen LogP contribution in [0.4, 0.5) is 0 Å². The summed E-state index contributed by atoms with van der Waals surface area (Å²) in [7, 11) is 1.79. The molecule has 27 heavy (non-hydrogen) atoms. The van der Waals surface area contributed by atoms with Crippen molar-refractivity contribution in [1.82, 2.24) is 4.90 Å². The molecule has 136 valence electrons. The molecule has 1 fully saturated rings. The lowest BCUT2D eigenvalue weighted by atomic mass is 9.86. The van der Waals surface area contributed by atoms with Crippen LogP contribution in [0.2, 0.25) is 0 Å². The smallest absolute Gasteiger partial charge is 0.223 e. The topological polar surface area (TPSA) is 40.5 Å². The normalized spacial score (nSPS) is 20.7. The standard InChI is InChI=1S/C24H23NO2/c1-25-22(26)16-21(18-11-6-3-7-12-18)23(25)24(27)20-14-8-13-19(15-20)17-9-4-2-5-10-17/h2-15,21,23-24,27H,16H2,1H3/t21-,23-,24-/m1/s1. The van der Waals surface area contributed by atoms with Crippen LogP contribution in [0.5, 0.6) is 0 Å². The minimum absolute atomic E-state index is 0.0147. The van der Waals surface area contributed by atoms with Crippen LogP contribution in [0.15, 0.2) is 84.9 Å². The molecule has 0 bridgehead atoms. The summed E-state index contributed by atoms with van der Waals surface area (Å²) < 4.78 is 0. The zero-order valence-electron chi connectivity index (χ0n) is 15.3. The van der Waals surface area contributed by atoms with E-state index in [9.17, 15) is 9.90 Å². The molecule has 0 radical (unpaired) electrons. The monoisotopic (exact) mass is 357 g/mol. The van der Waals surface area contributed by atoms with Gasteiger partial charge in [0.05, 0.1) is 12.1 Å². The summed E-state index contributed by atoms with van der Waals surface area (Å²) >= 11 is 0. The van der Waals surface area contributed by atoms with Crippen molar-refractivity contribution in [3.63, 3.8) is 0 Å². The first-order chi connectivity index (χ1) is 13.1. The van der Waals surface area contributed by atoms with Gasteiger partial charge in [0.1, 0.15) is 0 Å². The van der Waals surface area contributed by atoms with Crippen LogP contribution in [0.25, 0.3) is 11.1 Å². The van der Waals surface area contributed by atoms with Gasteiger partial charge in [-0.3, -0.25) is 4.79 Å². The molecule has 1 N–H and O–H groups in total. The molecule has 4 rings (SSSR count). The van der Waals surface area contributed by atoms with Crippen molar-refractivity contribution in [2.45, 2.75) is 24.5 Å². The quantitative estimate of drug-likeness (QED) is 0.752. The van der Waals surface area contributed by atoms with Gasteiger partial charge >= 0.3 is 0 Å². The average Bonchev–Trinajstić information content (AvgIpc) is 3.03. The molecule has 3 atom stereocenters. The van der Waals surface area contributed by atoms with Crippen molar-refractivity contribution >= 4 is 5.91 Å². The Hall–Kier alpha value is -2.91. The maximum Gasteiger partial charge on any atom is 0.223 e. The number of carbonyl (C=O) groups is 1. The van der Waals surface area contributed by atoms with E-state index >= 15 is 0 Å². The summed E-state index contributed by atoms with van der Waals surface area (Å²) in [4.78, 5) is 14.1. The van der Waals surface area contributed by atoms with E-state index in [-0.39, 0.29) is 17.9 Å². The predicted octanol–water partition coefficient (Wildman–Crippen LogP) is 4.40. The molecule has 0 unspecified atom stereocenters. The second-order valence-electron chi connectivity index (χ2n) is 7.15. The van der Waals surface area contributed by atoms with Gasteiger partial charge in [-0.25, -0.2) is 0 Å². The van der Waals surface area contributed by atoms with Gasteiger partial charge in [0.2, 0.25) is 5.91 Å². The van der Waals surface area contributed by atoms with Crippen LogP contribution in [0.3, 0.4) is 0 Å². The van der Waals surface area contributed by atoms with Crippen molar-refractivity contribution < 1.29 is 9.90 Å². The first-order valence-electron chi connectivity index (χ1n) is 9.29. The average molecular weight is 357 g/mol. The highest BCUT2D eigenvalue weighted by atomic mass is 16.3. The molecular formula is C24H23NO2. The number of benzene rings is 3. The summed E-state index contributed by atoms with van der Waals surface area (Å²) in [6.45, 7) is 0. The molecular weight excluding hydrogens is 334 g/mol. The molecule has 3 nitrogen and oxygen atoms in total. The molecule has 1 aliphatic rings. The van der Waals surface area contributed by atoms with E-state index < -0.39 is 6.10 Å². The van der Waals surface area contributed by atoms with Crippen molar-refractivity contribution in [3.05, 3.63) is 96.1 Å². The molecule has 1 saturated heterocycles.